The molecule has 0 fully saturated rings. The van der Waals surface area contributed by atoms with Crippen molar-refractivity contribution in [3.8, 4) is 17.2 Å². The number of ether oxygens (including phenoxy) is 3. The molecule has 0 heterocycles. The average molecular weight is 255 g/mol. The van der Waals surface area contributed by atoms with Gasteiger partial charge in [0.25, 0.3) is 0 Å². The highest BCUT2D eigenvalue weighted by Gasteiger charge is 2.11. The lowest BCUT2D eigenvalue weighted by atomic mass is 10.1. The van der Waals surface area contributed by atoms with Crippen LogP contribution in [0.25, 0.3) is 0 Å². The molecule has 18 heavy (non-hydrogen) atoms. The van der Waals surface area contributed by atoms with E-state index in [4.69, 9.17) is 14.2 Å². The first-order valence-electron chi connectivity index (χ1n) is 5.80. The standard InChI is InChI=1S/C13H21NO4/c1-9(15)7-14-8-10-5-12(17-3)13(18-4)6-11(10)16-2/h5-6,9,14-15H,7-8H2,1-4H3/t9-/m1/s1. The fraction of sp³-hybridized carbons (Fsp3) is 0.538. The molecule has 0 aliphatic heterocycles. The molecule has 5 nitrogen and oxygen atoms in total. The molecule has 1 aromatic carbocycles. The molecule has 1 aromatic rings. The van der Waals surface area contributed by atoms with E-state index < -0.39 is 0 Å². The van der Waals surface area contributed by atoms with Crippen LogP contribution in [0.15, 0.2) is 12.1 Å². The fourth-order valence-electron chi connectivity index (χ4n) is 1.65. The van der Waals surface area contributed by atoms with Gasteiger partial charge < -0.3 is 24.6 Å². The highest BCUT2D eigenvalue weighted by atomic mass is 16.5. The Bertz CT molecular complexity index is 379. The monoisotopic (exact) mass is 255 g/mol. The van der Waals surface area contributed by atoms with Crippen molar-refractivity contribution in [1.29, 1.82) is 0 Å². The van der Waals surface area contributed by atoms with Crippen LogP contribution in [-0.2, 0) is 6.54 Å². The highest BCUT2D eigenvalue weighted by Crippen LogP contribution is 2.34. The van der Waals surface area contributed by atoms with Crippen LogP contribution in [0.4, 0.5) is 0 Å². The number of aliphatic hydroxyl groups excluding tert-OH is 1. The molecule has 0 radical (unpaired) electrons. The van der Waals surface area contributed by atoms with Crippen molar-refractivity contribution in [2.45, 2.75) is 19.6 Å². The zero-order chi connectivity index (χ0) is 13.5. The largest absolute Gasteiger partial charge is 0.496 e. The molecule has 0 spiro atoms. The second-order valence-electron chi connectivity index (χ2n) is 4.00. The molecule has 2 N–H and O–H groups in total. The molecule has 5 heteroatoms. The Labute approximate surface area is 108 Å². The molecule has 102 valence electrons. The molecule has 0 unspecified atom stereocenters. The Morgan fingerprint density at radius 3 is 2.11 bits per heavy atom. The normalized spacial score (nSPS) is 12.1. The topological polar surface area (TPSA) is 60.0 Å². The summed E-state index contributed by atoms with van der Waals surface area (Å²) in [6.45, 7) is 2.85. The van der Waals surface area contributed by atoms with Crippen molar-refractivity contribution in [1.82, 2.24) is 5.32 Å². The van der Waals surface area contributed by atoms with Crippen LogP contribution in [0.5, 0.6) is 17.2 Å². The number of hydrogen-bond donors (Lipinski definition) is 2. The summed E-state index contributed by atoms with van der Waals surface area (Å²) >= 11 is 0. The maximum Gasteiger partial charge on any atom is 0.164 e. The van der Waals surface area contributed by atoms with Gasteiger partial charge in [-0.1, -0.05) is 0 Å². The second-order valence-corrected chi connectivity index (χ2v) is 4.00. The molecule has 0 bridgehead atoms. The average Bonchev–Trinajstić information content (AvgIpc) is 2.37. The molecule has 0 amide bonds. The summed E-state index contributed by atoms with van der Waals surface area (Å²) in [7, 11) is 4.79. The van der Waals surface area contributed by atoms with E-state index in [-0.39, 0.29) is 6.10 Å². The fourth-order valence-corrected chi connectivity index (χ4v) is 1.65. The predicted octanol–water partition coefficient (Wildman–Crippen LogP) is 1.18. The van der Waals surface area contributed by atoms with Gasteiger partial charge in [0, 0.05) is 24.7 Å². The summed E-state index contributed by atoms with van der Waals surface area (Å²) < 4.78 is 15.8. The molecule has 0 aliphatic carbocycles. The van der Waals surface area contributed by atoms with Crippen LogP contribution in [-0.4, -0.2) is 39.1 Å². The van der Waals surface area contributed by atoms with Gasteiger partial charge in [-0.15, -0.1) is 0 Å². The molecule has 0 aromatic heterocycles. The van der Waals surface area contributed by atoms with Gasteiger partial charge >= 0.3 is 0 Å². The first kappa shape index (κ1) is 14.6. The zero-order valence-electron chi connectivity index (χ0n) is 11.3. The summed E-state index contributed by atoms with van der Waals surface area (Å²) in [4.78, 5) is 0. The lowest BCUT2D eigenvalue weighted by Crippen LogP contribution is -2.24. The van der Waals surface area contributed by atoms with Crippen molar-refractivity contribution in [2.24, 2.45) is 0 Å². The van der Waals surface area contributed by atoms with Gasteiger partial charge in [-0.2, -0.15) is 0 Å². The van der Waals surface area contributed by atoms with Crippen LogP contribution in [0.2, 0.25) is 0 Å². The highest BCUT2D eigenvalue weighted by molar-refractivity contribution is 5.50. The van der Waals surface area contributed by atoms with Gasteiger partial charge in [-0.05, 0) is 13.0 Å². The number of nitrogens with one attached hydrogen (secondary N) is 1. The van der Waals surface area contributed by atoms with E-state index in [0.717, 1.165) is 11.3 Å². The summed E-state index contributed by atoms with van der Waals surface area (Å²) in [5.41, 5.74) is 0.954. The lowest BCUT2D eigenvalue weighted by Gasteiger charge is -2.15. The van der Waals surface area contributed by atoms with E-state index in [1.807, 2.05) is 6.07 Å². The third-order valence-electron chi connectivity index (χ3n) is 2.54. The molecular formula is C13H21NO4. The number of rotatable bonds is 7. The number of methoxy groups -OCH3 is 3. The minimum Gasteiger partial charge on any atom is -0.496 e. The summed E-state index contributed by atoms with van der Waals surface area (Å²) in [5, 5.41) is 12.3. The second kappa shape index (κ2) is 7.08. The Hall–Kier alpha value is -1.46. The van der Waals surface area contributed by atoms with Crippen molar-refractivity contribution in [3.63, 3.8) is 0 Å². The molecular weight excluding hydrogens is 234 g/mol. The van der Waals surface area contributed by atoms with Gasteiger partial charge in [0.15, 0.2) is 11.5 Å². The van der Waals surface area contributed by atoms with Crippen LogP contribution in [0.3, 0.4) is 0 Å². The minimum absolute atomic E-state index is 0.379. The van der Waals surface area contributed by atoms with E-state index in [2.05, 4.69) is 5.32 Å². The smallest absolute Gasteiger partial charge is 0.164 e. The summed E-state index contributed by atoms with van der Waals surface area (Å²) in [6.07, 6.45) is -0.379. The van der Waals surface area contributed by atoms with Crippen molar-refractivity contribution in [3.05, 3.63) is 17.7 Å². The van der Waals surface area contributed by atoms with Crippen LogP contribution in [0, 0.1) is 0 Å². The molecule has 0 saturated carbocycles. The number of hydrogen-bond acceptors (Lipinski definition) is 5. The van der Waals surface area contributed by atoms with Gasteiger partial charge in [-0.25, -0.2) is 0 Å². The van der Waals surface area contributed by atoms with Gasteiger partial charge in [-0.3, -0.25) is 0 Å². The van der Waals surface area contributed by atoms with E-state index in [1.54, 1.807) is 34.3 Å². The molecule has 1 atom stereocenters. The molecule has 0 saturated heterocycles. The zero-order valence-corrected chi connectivity index (χ0v) is 11.3. The van der Waals surface area contributed by atoms with Crippen LogP contribution < -0.4 is 19.5 Å². The maximum absolute atomic E-state index is 9.20. The third-order valence-corrected chi connectivity index (χ3v) is 2.54. The van der Waals surface area contributed by atoms with E-state index in [1.165, 1.54) is 0 Å². The van der Waals surface area contributed by atoms with E-state index in [0.29, 0.717) is 24.6 Å². The van der Waals surface area contributed by atoms with Gasteiger partial charge in [0.05, 0.1) is 27.4 Å². The van der Waals surface area contributed by atoms with E-state index >= 15 is 0 Å². The SMILES string of the molecule is COc1cc(OC)c(OC)cc1CNC[C@@H](C)O. The Morgan fingerprint density at radius 2 is 1.61 bits per heavy atom. The molecule has 0 aliphatic rings. The van der Waals surface area contributed by atoms with Crippen LogP contribution in [0.1, 0.15) is 12.5 Å². The predicted molar refractivity (Wildman–Crippen MR) is 69.5 cm³/mol. The quantitative estimate of drug-likeness (QED) is 0.766. The number of aliphatic hydroxyl groups is 1. The third kappa shape index (κ3) is 3.78. The van der Waals surface area contributed by atoms with Gasteiger partial charge in [0.1, 0.15) is 5.75 Å². The Kier molecular flexibility index (Phi) is 5.74. The number of benzene rings is 1. The van der Waals surface area contributed by atoms with E-state index in [9.17, 15) is 5.11 Å². The maximum atomic E-state index is 9.20. The van der Waals surface area contributed by atoms with Crippen LogP contribution >= 0.6 is 0 Å². The van der Waals surface area contributed by atoms with Crippen molar-refractivity contribution < 1.29 is 19.3 Å². The Balaban J connectivity index is 2.87. The first-order chi connectivity index (χ1) is 8.62. The first-order valence-corrected chi connectivity index (χ1v) is 5.80. The van der Waals surface area contributed by atoms with Crippen molar-refractivity contribution in [2.75, 3.05) is 27.9 Å². The van der Waals surface area contributed by atoms with Crippen molar-refractivity contribution >= 4 is 0 Å². The Morgan fingerprint density at radius 1 is 1.06 bits per heavy atom. The summed E-state index contributed by atoms with van der Waals surface area (Å²) in [5.74, 6) is 2.02. The summed E-state index contributed by atoms with van der Waals surface area (Å²) in [6, 6.07) is 3.66. The minimum atomic E-state index is -0.379. The lowest BCUT2D eigenvalue weighted by molar-refractivity contribution is 0.191. The van der Waals surface area contributed by atoms with Gasteiger partial charge in [0.2, 0.25) is 0 Å². The molecule has 1 rings (SSSR count).